The normalized spacial score (nSPS) is 11.9. The summed E-state index contributed by atoms with van der Waals surface area (Å²) in [5.41, 5.74) is 1.86. The molecule has 0 radical (unpaired) electrons. The van der Waals surface area contributed by atoms with Crippen molar-refractivity contribution < 1.29 is 32.6 Å². The first kappa shape index (κ1) is 26.1. The highest BCUT2D eigenvalue weighted by atomic mass is 35.5. The number of hydrogen-bond donors (Lipinski definition) is 2. The first-order valence-electron chi connectivity index (χ1n) is 10.7. The Kier molecular flexibility index (Phi) is 8.40. The first-order chi connectivity index (χ1) is 16.5. The monoisotopic (exact) mass is 505 g/mol. The van der Waals surface area contributed by atoms with Gasteiger partial charge < -0.3 is 15.2 Å². The molecule has 9 heteroatoms. The highest BCUT2D eigenvalue weighted by Crippen LogP contribution is 2.29. The number of nitrogens with one attached hydrogen (secondary N) is 1. The second-order valence-electron chi connectivity index (χ2n) is 8.04. The van der Waals surface area contributed by atoms with Crippen LogP contribution in [0, 0.1) is 12.7 Å². The molecule has 5 nitrogen and oxygen atoms in total. The number of aliphatic carboxylic acids is 1. The van der Waals surface area contributed by atoms with E-state index in [-0.39, 0.29) is 28.3 Å². The number of benzene rings is 3. The summed E-state index contributed by atoms with van der Waals surface area (Å²) >= 11 is 5.99. The summed E-state index contributed by atoms with van der Waals surface area (Å²) in [6, 6.07) is 11.9. The number of carbonyl (C=O) groups is 2. The molecule has 3 rings (SSSR count). The van der Waals surface area contributed by atoms with Crippen LogP contribution >= 0.6 is 11.6 Å². The summed E-state index contributed by atoms with van der Waals surface area (Å²) in [4.78, 5) is 23.4. The molecule has 0 spiro atoms. The van der Waals surface area contributed by atoms with E-state index in [0.29, 0.717) is 17.7 Å². The fourth-order valence-corrected chi connectivity index (χ4v) is 3.77. The molecule has 1 unspecified atom stereocenters. The Labute approximate surface area is 205 Å². The Morgan fingerprint density at radius 2 is 1.77 bits per heavy atom. The van der Waals surface area contributed by atoms with Crippen LogP contribution in [0.4, 0.5) is 13.2 Å². The topological polar surface area (TPSA) is 75.6 Å². The summed E-state index contributed by atoms with van der Waals surface area (Å²) in [7, 11) is 0. The van der Waals surface area contributed by atoms with Gasteiger partial charge in [-0.05, 0) is 73.4 Å². The van der Waals surface area contributed by atoms with Gasteiger partial charge >= 0.3 is 5.97 Å². The van der Waals surface area contributed by atoms with Crippen molar-refractivity contribution in [3.63, 3.8) is 0 Å². The number of hydrogen-bond acceptors (Lipinski definition) is 3. The van der Waals surface area contributed by atoms with Crippen LogP contribution in [0.5, 0.6) is 11.5 Å². The van der Waals surface area contributed by atoms with Gasteiger partial charge in [-0.1, -0.05) is 23.7 Å². The Morgan fingerprint density at radius 3 is 2.40 bits per heavy atom. The molecule has 3 aromatic rings. The van der Waals surface area contributed by atoms with Crippen LogP contribution in [0.2, 0.25) is 5.02 Å². The van der Waals surface area contributed by atoms with Crippen LogP contribution in [0.3, 0.4) is 0 Å². The number of halogens is 4. The predicted octanol–water partition coefficient (Wildman–Crippen LogP) is 7.03. The lowest BCUT2D eigenvalue weighted by Gasteiger charge is -2.17. The largest absolute Gasteiger partial charge is 0.481 e. The van der Waals surface area contributed by atoms with Gasteiger partial charge in [-0.25, -0.2) is 13.2 Å². The van der Waals surface area contributed by atoms with Crippen molar-refractivity contribution in [1.82, 2.24) is 5.32 Å². The number of ether oxygens (including phenoxy) is 1. The molecule has 0 fully saturated rings. The van der Waals surface area contributed by atoms with Crippen molar-refractivity contribution in [1.29, 1.82) is 0 Å². The third-order valence-electron chi connectivity index (χ3n) is 5.39. The van der Waals surface area contributed by atoms with Crippen molar-refractivity contribution in [3.05, 3.63) is 93.3 Å². The van der Waals surface area contributed by atoms with E-state index >= 15 is 0 Å². The summed E-state index contributed by atoms with van der Waals surface area (Å²) in [6.45, 7) is 3.47. The maximum Gasteiger partial charge on any atom is 0.303 e. The molecule has 1 atom stereocenters. The van der Waals surface area contributed by atoms with Crippen molar-refractivity contribution in [2.75, 3.05) is 0 Å². The van der Waals surface area contributed by atoms with E-state index in [1.807, 2.05) is 6.92 Å². The quantitative estimate of drug-likeness (QED) is 0.327. The van der Waals surface area contributed by atoms with Crippen LogP contribution in [0.15, 0.2) is 54.6 Å². The number of rotatable bonds is 9. The first-order valence-corrected chi connectivity index (χ1v) is 11.1. The van der Waals surface area contributed by atoms with E-state index in [2.05, 4.69) is 5.32 Å². The number of aryl methyl sites for hydroxylation is 2. The molecule has 2 N–H and O–H groups in total. The Hall–Kier alpha value is -3.52. The fourth-order valence-electron chi connectivity index (χ4n) is 3.49. The lowest BCUT2D eigenvalue weighted by Crippen LogP contribution is -2.27. The molecule has 0 aromatic heterocycles. The SMILES string of the molecule is Cc1cc(Oc2cc(F)cc(C(C)NC(=O)c3ccc(C(F)F)cc3Cl)c2)ccc1CCC(=O)O. The lowest BCUT2D eigenvalue weighted by atomic mass is 10.0. The summed E-state index contributed by atoms with van der Waals surface area (Å²) < 4.78 is 45.8. The average Bonchev–Trinajstić information content (AvgIpc) is 2.77. The maximum atomic E-state index is 14.3. The molecule has 0 aliphatic carbocycles. The zero-order valence-electron chi connectivity index (χ0n) is 18.9. The number of carboxylic acids is 1. The smallest absolute Gasteiger partial charge is 0.303 e. The number of carboxylic acid groups (broad SMARTS) is 1. The summed E-state index contributed by atoms with van der Waals surface area (Å²) in [6.07, 6.45) is -2.31. The summed E-state index contributed by atoms with van der Waals surface area (Å²) in [5.74, 6) is -1.40. The number of carbonyl (C=O) groups excluding carboxylic acids is 1. The molecule has 0 saturated heterocycles. The minimum absolute atomic E-state index is 0.0134. The van der Waals surface area contributed by atoms with Crippen molar-refractivity contribution >= 4 is 23.5 Å². The van der Waals surface area contributed by atoms with Crippen LogP contribution in [-0.2, 0) is 11.2 Å². The Balaban J connectivity index is 1.73. The molecule has 0 aliphatic rings. The van der Waals surface area contributed by atoms with Crippen LogP contribution in [-0.4, -0.2) is 17.0 Å². The predicted molar refractivity (Wildman–Crippen MR) is 126 cm³/mol. The molecule has 35 heavy (non-hydrogen) atoms. The zero-order chi connectivity index (χ0) is 25.7. The molecule has 0 bridgehead atoms. The van der Waals surface area contributed by atoms with Crippen molar-refractivity contribution in [3.8, 4) is 11.5 Å². The van der Waals surface area contributed by atoms with Gasteiger partial charge in [-0.2, -0.15) is 0 Å². The van der Waals surface area contributed by atoms with Gasteiger partial charge in [0.05, 0.1) is 16.6 Å². The number of amides is 1. The molecule has 184 valence electrons. The van der Waals surface area contributed by atoms with Crippen LogP contribution in [0.25, 0.3) is 0 Å². The maximum absolute atomic E-state index is 14.3. The van der Waals surface area contributed by atoms with Gasteiger partial charge in [-0.15, -0.1) is 0 Å². The van der Waals surface area contributed by atoms with E-state index in [9.17, 15) is 22.8 Å². The standard InChI is InChI=1S/C26H23ClF3NO4/c1-14-9-20(6-3-16(14)5-8-24(32)33)35-21-11-18(10-19(28)13-21)15(2)31-26(34)22-7-4-17(25(29)30)12-23(22)27/h3-4,6-7,9-13,15,25H,5,8H2,1-2H3,(H,31,34)(H,32,33). The van der Waals surface area contributed by atoms with Gasteiger partial charge in [0.2, 0.25) is 0 Å². The second kappa shape index (κ2) is 11.3. The van der Waals surface area contributed by atoms with E-state index in [4.69, 9.17) is 21.4 Å². The third kappa shape index (κ3) is 6.99. The minimum Gasteiger partial charge on any atom is -0.481 e. The minimum atomic E-state index is -2.71. The highest BCUT2D eigenvalue weighted by molar-refractivity contribution is 6.33. The molecule has 0 aliphatic heterocycles. The molecule has 0 saturated carbocycles. The van der Waals surface area contributed by atoms with E-state index < -0.39 is 30.2 Å². The second-order valence-corrected chi connectivity index (χ2v) is 8.45. The van der Waals surface area contributed by atoms with Gasteiger partial charge in [-0.3, -0.25) is 9.59 Å². The van der Waals surface area contributed by atoms with Gasteiger partial charge in [0.1, 0.15) is 17.3 Å². The van der Waals surface area contributed by atoms with Crippen molar-refractivity contribution in [2.24, 2.45) is 0 Å². The average molecular weight is 506 g/mol. The molecule has 1 amide bonds. The van der Waals surface area contributed by atoms with Gasteiger partial charge in [0.15, 0.2) is 0 Å². The van der Waals surface area contributed by atoms with Gasteiger partial charge in [0, 0.05) is 18.1 Å². The van der Waals surface area contributed by atoms with E-state index in [1.54, 1.807) is 31.2 Å². The Bertz CT molecular complexity index is 1250. The van der Waals surface area contributed by atoms with E-state index in [0.717, 1.165) is 23.3 Å². The fraction of sp³-hybridized carbons (Fsp3) is 0.231. The summed E-state index contributed by atoms with van der Waals surface area (Å²) in [5, 5.41) is 11.4. The highest BCUT2D eigenvalue weighted by Gasteiger charge is 2.18. The molecule has 3 aromatic carbocycles. The molecule has 0 heterocycles. The van der Waals surface area contributed by atoms with Crippen molar-refractivity contribution in [2.45, 2.75) is 39.2 Å². The Morgan fingerprint density at radius 1 is 1.03 bits per heavy atom. The molecular formula is C26H23ClF3NO4. The lowest BCUT2D eigenvalue weighted by molar-refractivity contribution is -0.136. The van der Waals surface area contributed by atoms with E-state index in [1.165, 1.54) is 18.2 Å². The zero-order valence-corrected chi connectivity index (χ0v) is 19.7. The van der Waals surface area contributed by atoms with Crippen LogP contribution < -0.4 is 10.1 Å². The molecular weight excluding hydrogens is 483 g/mol. The number of alkyl halides is 2. The van der Waals surface area contributed by atoms with Crippen LogP contribution in [0.1, 0.15) is 58.4 Å². The van der Waals surface area contributed by atoms with Gasteiger partial charge in [0.25, 0.3) is 12.3 Å². The third-order valence-corrected chi connectivity index (χ3v) is 5.70.